The molecule has 0 saturated carbocycles. The molecule has 2 aromatic rings. The molecule has 0 amide bonds. The summed E-state index contributed by atoms with van der Waals surface area (Å²) in [6.07, 6.45) is 1.42. The molecular weight excluding hydrogens is 366 g/mol. The third-order valence-corrected chi connectivity index (χ3v) is 4.99. The first-order valence-corrected chi connectivity index (χ1v) is 9.38. The maximum Gasteiger partial charge on any atom is 0.341 e. The molecule has 1 aliphatic rings. The predicted octanol–water partition coefficient (Wildman–Crippen LogP) is 2.70. The molecule has 1 aromatic carbocycles. The lowest BCUT2D eigenvalue weighted by Crippen LogP contribution is -2.29. The first-order valence-electron chi connectivity index (χ1n) is 9.38. The summed E-state index contributed by atoms with van der Waals surface area (Å²) >= 11 is 0. The minimum absolute atomic E-state index is 0. The van der Waals surface area contributed by atoms with Gasteiger partial charge in [0.15, 0.2) is 6.10 Å². The van der Waals surface area contributed by atoms with Crippen molar-refractivity contribution in [3.8, 4) is 5.69 Å². The van der Waals surface area contributed by atoms with E-state index in [1.54, 1.807) is 0 Å². The second-order valence-corrected chi connectivity index (χ2v) is 6.51. The normalized spacial score (nSPS) is 13.9. The number of aliphatic hydroxyl groups is 1. The summed E-state index contributed by atoms with van der Waals surface area (Å²) < 4.78 is 7.14. The SMILES string of the molecule is CCN(CC)CCOC(=O)C(O)c1nn(-c2ccccc2)c2c1CCC2.Cl. The van der Waals surface area contributed by atoms with E-state index in [4.69, 9.17) is 4.74 Å². The smallest absolute Gasteiger partial charge is 0.341 e. The van der Waals surface area contributed by atoms with Crippen molar-refractivity contribution >= 4 is 18.4 Å². The van der Waals surface area contributed by atoms with Crippen molar-refractivity contribution in [3.05, 3.63) is 47.3 Å². The Morgan fingerprint density at radius 2 is 1.96 bits per heavy atom. The summed E-state index contributed by atoms with van der Waals surface area (Å²) in [5.41, 5.74) is 3.46. The fourth-order valence-corrected chi connectivity index (χ4v) is 3.47. The van der Waals surface area contributed by atoms with E-state index in [2.05, 4.69) is 23.8 Å². The van der Waals surface area contributed by atoms with E-state index in [1.165, 1.54) is 0 Å². The number of ether oxygens (including phenoxy) is 1. The van der Waals surface area contributed by atoms with Crippen LogP contribution in [0.3, 0.4) is 0 Å². The molecule has 1 heterocycles. The van der Waals surface area contributed by atoms with Crippen LogP contribution in [0.25, 0.3) is 5.69 Å². The molecule has 0 aliphatic heterocycles. The number of para-hydroxylation sites is 1. The monoisotopic (exact) mass is 393 g/mol. The molecule has 6 nitrogen and oxygen atoms in total. The summed E-state index contributed by atoms with van der Waals surface area (Å²) in [6.45, 7) is 6.90. The van der Waals surface area contributed by atoms with Gasteiger partial charge in [-0.05, 0) is 44.5 Å². The number of halogens is 1. The van der Waals surface area contributed by atoms with Gasteiger partial charge in [0.25, 0.3) is 0 Å². The highest BCUT2D eigenvalue weighted by atomic mass is 35.5. The van der Waals surface area contributed by atoms with Gasteiger partial charge in [-0.3, -0.25) is 0 Å². The molecule has 7 heteroatoms. The van der Waals surface area contributed by atoms with Gasteiger partial charge in [-0.15, -0.1) is 12.4 Å². The van der Waals surface area contributed by atoms with E-state index in [0.717, 1.165) is 49.3 Å². The first kappa shape index (κ1) is 21.4. The van der Waals surface area contributed by atoms with Gasteiger partial charge >= 0.3 is 5.97 Å². The molecule has 0 spiro atoms. The minimum Gasteiger partial charge on any atom is -0.462 e. The first-order chi connectivity index (χ1) is 12.7. The zero-order chi connectivity index (χ0) is 18.5. The average Bonchev–Trinajstić information content (AvgIpc) is 3.28. The molecule has 148 valence electrons. The highest BCUT2D eigenvalue weighted by molar-refractivity contribution is 5.85. The fraction of sp³-hybridized carbons (Fsp3) is 0.500. The van der Waals surface area contributed by atoms with Gasteiger partial charge in [0, 0.05) is 17.8 Å². The number of hydrogen-bond donors (Lipinski definition) is 1. The molecule has 1 N–H and O–H groups in total. The predicted molar refractivity (Wildman–Crippen MR) is 107 cm³/mol. The molecule has 3 rings (SSSR count). The van der Waals surface area contributed by atoms with Crippen LogP contribution < -0.4 is 0 Å². The van der Waals surface area contributed by atoms with Crippen LogP contribution in [0.4, 0.5) is 0 Å². The molecule has 27 heavy (non-hydrogen) atoms. The second kappa shape index (κ2) is 9.88. The van der Waals surface area contributed by atoms with Crippen LogP contribution in [0.5, 0.6) is 0 Å². The van der Waals surface area contributed by atoms with Crippen LogP contribution >= 0.6 is 12.4 Å². The van der Waals surface area contributed by atoms with Crippen molar-refractivity contribution in [2.75, 3.05) is 26.2 Å². The maximum atomic E-state index is 12.3. The summed E-state index contributed by atoms with van der Waals surface area (Å²) in [5, 5.41) is 15.1. The molecule has 0 radical (unpaired) electrons. The van der Waals surface area contributed by atoms with Crippen molar-refractivity contribution in [1.29, 1.82) is 0 Å². The Balaban J connectivity index is 0.00000261. The molecule has 1 atom stereocenters. The minimum atomic E-state index is -1.33. The maximum absolute atomic E-state index is 12.3. The standard InChI is InChI=1S/C20H27N3O3.ClH/c1-3-22(4-2)13-14-26-20(25)19(24)18-16-11-8-12-17(16)23(21-18)15-9-6-5-7-10-15;/h5-7,9-10,19,24H,3-4,8,11-14H2,1-2H3;1H. The molecule has 0 bridgehead atoms. The molecule has 0 saturated heterocycles. The molecular formula is C20H28ClN3O3. The van der Waals surface area contributed by atoms with Gasteiger partial charge in [0.2, 0.25) is 0 Å². The van der Waals surface area contributed by atoms with Crippen LogP contribution in [0, 0.1) is 0 Å². The molecule has 1 aromatic heterocycles. The Kier molecular flexibility index (Phi) is 7.83. The lowest BCUT2D eigenvalue weighted by molar-refractivity contribution is -0.154. The number of fused-ring (bicyclic) bond motifs is 1. The van der Waals surface area contributed by atoms with Gasteiger partial charge in [-0.1, -0.05) is 32.0 Å². The van der Waals surface area contributed by atoms with Gasteiger partial charge in [-0.2, -0.15) is 5.10 Å². The highest BCUT2D eigenvalue weighted by Crippen LogP contribution is 2.31. The van der Waals surface area contributed by atoms with E-state index in [-0.39, 0.29) is 19.0 Å². The third kappa shape index (κ3) is 4.69. The van der Waals surface area contributed by atoms with Crippen LogP contribution in [-0.4, -0.2) is 52.0 Å². The molecule has 1 aliphatic carbocycles. The molecule has 1 unspecified atom stereocenters. The number of aliphatic hydroxyl groups excluding tert-OH is 1. The largest absolute Gasteiger partial charge is 0.462 e. The number of hydrogen-bond acceptors (Lipinski definition) is 5. The number of benzene rings is 1. The number of aromatic nitrogens is 2. The van der Waals surface area contributed by atoms with Crippen molar-refractivity contribution in [3.63, 3.8) is 0 Å². The average molecular weight is 394 g/mol. The summed E-state index contributed by atoms with van der Waals surface area (Å²) in [6, 6.07) is 9.82. The summed E-state index contributed by atoms with van der Waals surface area (Å²) in [5.74, 6) is -0.621. The van der Waals surface area contributed by atoms with Crippen molar-refractivity contribution in [2.24, 2.45) is 0 Å². The number of carbonyl (C=O) groups excluding carboxylic acids is 1. The van der Waals surface area contributed by atoms with E-state index < -0.39 is 12.1 Å². The number of likely N-dealkylation sites (N-methyl/N-ethyl adjacent to an activating group) is 1. The number of rotatable bonds is 8. The van der Waals surface area contributed by atoms with Crippen LogP contribution in [-0.2, 0) is 22.4 Å². The summed E-state index contributed by atoms with van der Waals surface area (Å²) in [7, 11) is 0. The number of carbonyl (C=O) groups is 1. The topological polar surface area (TPSA) is 67.6 Å². The van der Waals surface area contributed by atoms with Gasteiger partial charge in [0.05, 0.1) is 5.69 Å². The zero-order valence-electron chi connectivity index (χ0n) is 15.9. The van der Waals surface area contributed by atoms with Gasteiger partial charge in [0.1, 0.15) is 12.3 Å². The second-order valence-electron chi connectivity index (χ2n) is 6.51. The zero-order valence-corrected chi connectivity index (χ0v) is 16.7. The van der Waals surface area contributed by atoms with E-state index in [0.29, 0.717) is 12.2 Å². The number of esters is 1. The van der Waals surface area contributed by atoms with E-state index >= 15 is 0 Å². The van der Waals surface area contributed by atoms with Crippen LogP contribution in [0.15, 0.2) is 30.3 Å². The van der Waals surface area contributed by atoms with Crippen LogP contribution in [0.1, 0.15) is 43.3 Å². The Labute approximate surface area is 166 Å². The van der Waals surface area contributed by atoms with Gasteiger partial charge in [-0.25, -0.2) is 9.48 Å². The molecule has 0 fully saturated rings. The third-order valence-electron chi connectivity index (χ3n) is 4.99. The van der Waals surface area contributed by atoms with Crippen molar-refractivity contribution < 1.29 is 14.6 Å². The summed E-state index contributed by atoms with van der Waals surface area (Å²) in [4.78, 5) is 14.5. The number of nitrogens with zero attached hydrogens (tertiary/aromatic N) is 3. The van der Waals surface area contributed by atoms with E-state index in [1.807, 2.05) is 35.0 Å². The lowest BCUT2D eigenvalue weighted by Gasteiger charge is -2.18. The van der Waals surface area contributed by atoms with Crippen LogP contribution in [0.2, 0.25) is 0 Å². The van der Waals surface area contributed by atoms with Crippen molar-refractivity contribution in [2.45, 2.75) is 39.2 Å². The Bertz CT molecular complexity index is 744. The quantitative estimate of drug-likeness (QED) is 0.698. The highest BCUT2D eigenvalue weighted by Gasteiger charge is 2.31. The Morgan fingerprint density at radius 3 is 2.63 bits per heavy atom. The van der Waals surface area contributed by atoms with Gasteiger partial charge < -0.3 is 14.7 Å². The van der Waals surface area contributed by atoms with E-state index in [9.17, 15) is 9.90 Å². The Hall–Kier alpha value is -1.89. The fourth-order valence-electron chi connectivity index (χ4n) is 3.47. The van der Waals surface area contributed by atoms with Crippen molar-refractivity contribution in [1.82, 2.24) is 14.7 Å². The Morgan fingerprint density at radius 1 is 1.26 bits per heavy atom. The lowest BCUT2D eigenvalue weighted by atomic mass is 10.1.